The summed E-state index contributed by atoms with van der Waals surface area (Å²) in [5, 5.41) is 0. The molecule has 0 aromatic rings. The Labute approximate surface area is 127 Å². The molecule has 0 saturated carbocycles. The van der Waals surface area contributed by atoms with Gasteiger partial charge in [-0.3, -0.25) is 9.59 Å². The van der Waals surface area contributed by atoms with Crippen LogP contribution >= 0.6 is 0 Å². The van der Waals surface area contributed by atoms with Gasteiger partial charge in [0.15, 0.2) is 0 Å². The molecule has 0 radical (unpaired) electrons. The van der Waals surface area contributed by atoms with Gasteiger partial charge in [-0.05, 0) is 20.8 Å². The maximum absolute atomic E-state index is 12.2. The lowest BCUT2D eigenvalue weighted by Crippen LogP contribution is -2.41. The summed E-state index contributed by atoms with van der Waals surface area (Å²) in [5.74, 6) is -1.06. The molecule has 0 bridgehead atoms. The van der Waals surface area contributed by atoms with Gasteiger partial charge in [-0.15, -0.1) is 0 Å². The zero-order chi connectivity index (χ0) is 16.5. The van der Waals surface area contributed by atoms with Gasteiger partial charge in [-0.25, -0.2) is 0 Å². The molecule has 1 unspecified atom stereocenters. The second kappa shape index (κ2) is 9.73. The highest BCUT2D eigenvalue weighted by Crippen LogP contribution is 2.21. The summed E-state index contributed by atoms with van der Waals surface area (Å²) in [5.41, 5.74) is -1.03. The van der Waals surface area contributed by atoms with Crippen LogP contribution in [-0.4, -0.2) is 51.6 Å². The molecule has 0 aliphatic heterocycles. The normalized spacial score (nSPS) is 14.1. The molecule has 0 saturated heterocycles. The maximum atomic E-state index is 12.2. The Balaban J connectivity index is 4.66. The molecule has 1 atom stereocenters. The fraction of sp³-hybridized carbons (Fsp3) is 0.867. The highest BCUT2D eigenvalue weighted by Gasteiger charge is 2.37. The molecule has 0 aliphatic rings. The van der Waals surface area contributed by atoms with Gasteiger partial charge in [-0.1, -0.05) is 13.8 Å². The van der Waals surface area contributed by atoms with E-state index < -0.39 is 11.4 Å². The van der Waals surface area contributed by atoms with Crippen molar-refractivity contribution in [2.45, 2.75) is 40.7 Å². The third-order valence-corrected chi connectivity index (χ3v) is 2.75. The SMILES string of the molecule is COCCOC(=O)C(C)(COC(=O)C(C)C)COC(C)C. The van der Waals surface area contributed by atoms with E-state index in [-0.39, 0.29) is 37.8 Å². The van der Waals surface area contributed by atoms with E-state index in [4.69, 9.17) is 18.9 Å². The number of hydrogen-bond donors (Lipinski definition) is 0. The lowest BCUT2D eigenvalue weighted by atomic mass is 9.93. The van der Waals surface area contributed by atoms with E-state index in [1.807, 2.05) is 13.8 Å². The van der Waals surface area contributed by atoms with E-state index in [2.05, 4.69) is 0 Å². The van der Waals surface area contributed by atoms with Crippen LogP contribution in [-0.2, 0) is 28.5 Å². The molecule has 0 fully saturated rings. The molecule has 124 valence electrons. The van der Waals surface area contributed by atoms with E-state index in [1.54, 1.807) is 20.8 Å². The van der Waals surface area contributed by atoms with E-state index >= 15 is 0 Å². The zero-order valence-corrected chi connectivity index (χ0v) is 13.9. The van der Waals surface area contributed by atoms with Crippen molar-refractivity contribution in [1.82, 2.24) is 0 Å². The van der Waals surface area contributed by atoms with Crippen LogP contribution in [0.25, 0.3) is 0 Å². The highest BCUT2D eigenvalue weighted by atomic mass is 16.6. The highest BCUT2D eigenvalue weighted by molar-refractivity contribution is 5.78. The molecule has 21 heavy (non-hydrogen) atoms. The fourth-order valence-electron chi connectivity index (χ4n) is 1.30. The molecular formula is C15H28O6. The predicted molar refractivity (Wildman–Crippen MR) is 77.8 cm³/mol. The smallest absolute Gasteiger partial charge is 0.317 e. The third-order valence-electron chi connectivity index (χ3n) is 2.75. The lowest BCUT2D eigenvalue weighted by Gasteiger charge is -2.28. The van der Waals surface area contributed by atoms with Gasteiger partial charge in [0.2, 0.25) is 0 Å². The summed E-state index contributed by atoms with van der Waals surface area (Å²) in [6.45, 7) is 9.42. The maximum Gasteiger partial charge on any atom is 0.317 e. The molecule has 0 aromatic heterocycles. The average molecular weight is 304 g/mol. The van der Waals surface area contributed by atoms with Crippen molar-refractivity contribution in [2.75, 3.05) is 33.5 Å². The summed E-state index contributed by atoms with van der Waals surface area (Å²) in [6, 6.07) is 0. The van der Waals surface area contributed by atoms with Crippen molar-refractivity contribution in [2.24, 2.45) is 11.3 Å². The van der Waals surface area contributed by atoms with Crippen LogP contribution in [0.3, 0.4) is 0 Å². The first-order chi connectivity index (χ1) is 9.73. The van der Waals surface area contributed by atoms with Gasteiger partial charge in [0.05, 0.1) is 25.2 Å². The third kappa shape index (κ3) is 8.02. The van der Waals surface area contributed by atoms with Gasteiger partial charge in [0.25, 0.3) is 0 Å². The van der Waals surface area contributed by atoms with Crippen LogP contribution in [0.15, 0.2) is 0 Å². The van der Waals surface area contributed by atoms with Crippen molar-refractivity contribution in [3.8, 4) is 0 Å². The second-order valence-corrected chi connectivity index (χ2v) is 5.81. The van der Waals surface area contributed by atoms with E-state index in [1.165, 1.54) is 7.11 Å². The van der Waals surface area contributed by atoms with Crippen molar-refractivity contribution in [1.29, 1.82) is 0 Å². The monoisotopic (exact) mass is 304 g/mol. The summed E-state index contributed by atoms with van der Waals surface area (Å²) < 4.78 is 20.7. The van der Waals surface area contributed by atoms with Crippen molar-refractivity contribution >= 4 is 11.9 Å². The number of carbonyl (C=O) groups excluding carboxylic acids is 2. The first-order valence-electron chi connectivity index (χ1n) is 7.17. The van der Waals surface area contributed by atoms with Crippen LogP contribution in [0, 0.1) is 11.3 Å². The fourth-order valence-corrected chi connectivity index (χ4v) is 1.30. The minimum absolute atomic E-state index is 0.0306. The van der Waals surface area contributed by atoms with Gasteiger partial charge < -0.3 is 18.9 Å². The summed E-state index contributed by atoms with van der Waals surface area (Å²) in [4.78, 5) is 23.8. The molecule has 0 spiro atoms. The average Bonchev–Trinajstić information content (AvgIpc) is 2.42. The molecule has 0 aromatic carbocycles. The molecule has 0 amide bonds. The van der Waals surface area contributed by atoms with Crippen LogP contribution < -0.4 is 0 Å². The Bertz CT molecular complexity index is 326. The molecule has 0 heterocycles. The summed E-state index contributed by atoms with van der Waals surface area (Å²) >= 11 is 0. The van der Waals surface area contributed by atoms with Crippen molar-refractivity contribution in [3.05, 3.63) is 0 Å². The second-order valence-electron chi connectivity index (χ2n) is 5.81. The number of methoxy groups -OCH3 is 1. The van der Waals surface area contributed by atoms with E-state index in [9.17, 15) is 9.59 Å². The first kappa shape index (κ1) is 19.9. The molecule has 6 nitrogen and oxygen atoms in total. The molecule has 6 heteroatoms. The standard InChI is InChI=1S/C15H28O6/c1-11(2)13(16)21-10-15(5,9-20-12(3)4)14(17)19-8-7-18-6/h11-12H,7-10H2,1-6H3. The summed E-state index contributed by atoms with van der Waals surface area (Å²) in [6.07, 6.45) is -0.0306. The number of rotatable bonds is 10. The predicted octanol–water partition coefficient (Wildman–Crippen LogP) is 1.81. The lowest BCUT2D eigenvalue weighted by molar-refractivity contribution is -0.170. The number of hydrogen-bond acceptors (Lipinski definition) is 6. The van der Waals surface area contributed by atoms with Crippen LogP contribution in [0.2, 0.25) is 0 Å². The van der Waals surface area contributed by atoms with Crippen LogP contribution in [0.4, 0.5) is 0 Å². The van der Waals surface area contributed by atoms with Crippen molar-refractivity contribution < 1.29 is 28.5 Å². The topological polar surface area (TPSA) is 71.1 Å². The quantitative estimate of drug-likeness (QED) is 0.453. The van der Waals surface area contributed by atoms with Crippen molar-refractivity contribution in [3.63, 3.8) is 0 Å². The largest absolute Gasteiger partial charge is 0.464 e. The minimum atomic E-state index is -1.03. The zero-order valence-electron chi connectivity index (χ0n) is 13.9. The van der Waals surface area contributed by atoms with Gasteiger partial charge in [0.1, 0.15) is 18.6 Å². The Morgan fingerprint density at radius 1 is 1.00 bits per heavy atom. The molecule has 0 aliphatic carbocycles. The Morgan fingerprint density at radius 3 is 2.10 bits per heavy atom. The number of carbonyl (C=O) groups is 2. The minimum Gasteiger partial charge on any atom is -0.464 e. The van der Waals surface area contributed by atoms with E-state index in [0.29, 0.717) is 6.61 Å². The van der Waals surface area contributed by atoms with Gasteiger partial charge in [-0.2, -0.15) is 0 Å². The number of esters is 2. The van der Waals surface area contributed by atoms with E-state index in [0.717, 1.165) is 0 Å². The van der Waals surface area contributed by atoms with Gasteiger partial charge in [0, 0.05) is 7.11 Å². The Kier molecular flexibility index (Phi) is 9.21. The van der Waals surface area contributed by atoms with Crippen LogP contribution in [0.5, 0.6) is 0 Å². The summed E-state index contributed by atoms with van der Waals surface area (Å²) in [7, 11) is 1.53. The molecular weight excluding hydrogens is 276 g/mol. The Hall–Kier alpha value is -1.14. The molecule has 0 rings (SSSR count). The first-order valence-corrected chi connectivity index (χ1v) is 7.17. The Morgan fingerprint density at radius 2 is 1.62 bits per heavy atom. The van der Waals surface area contributed by atoms with Gasteiger partial charge >= 0.3 is 11.9 Å². The van der Waals surface area contributed by atoms with Crippen LogP contribution in [0.1, 0.15) is 34.6 Å². The molecule has 0 N–H and O–H groups in total. The number of ether oxygens (including phenoxy) is 4.